The molecule has 0 radical (unpaired) electrons. The Morgan fingerprint density at radius 2 is 1.65 bits per heavy atom. The van der Waals surface area contributed by atoms with Crippen molar-refractivity contribution in [3.05, 3.63) is 74.6 Å². The van der Waals surface area contributed by atoms with Gasteiger partial charge in [-0.15, -0.1) is 0 Å². The number of hydrogen-bond acceptors (Lipinski definition) is 4. The maximum atomic E-state index is 12.7. The van der Waals surface area contributed by atoms with Gasteiger partial charge in [0.1, 0.15) is 6.04 Å². The maximum Gasteiger partial charge on any atom is 0.294 e. The van der Waals surface area contributed by atoms with Crippen LogP contribution >= 0.6 is 35.0 Å². The molecule has 0 spiro atoms. The van der Waals surface area contributed by atoms with E-state index < -0.39 is 17.2 Å². The lowest BCUT2D eigenvalue weighted by Gasteiger charge is -2.20. The van der Waals surface area contributed by atoms with E-state index in [2.05, 4.69) is 0 Å². The summed E-state index contributed by atoms with van der Waals surface area (Å²) in [5, 5.41) is 0.247. The minimum atomic E-state index is -0.905. The number of halogens is 2. The average molecular weight is 406 g/mol. The summed E-state index contributed by atoms with van der Waals surface area (Å²) in [4.78, 5) is 38.8. The molecule has 2 aromatic carbocycles. The lowest BCUT2D eigenvalue weighted by molar-refractivity contribution is -0.123. The minimum Gasteiger partial charge on any atom is -0.292 e. The molecule has 7 heteroatoms. The number of thioether (sulfide) groups is 1. The summed E-state index contributed by atoms with van der Waals surface area (Å²) in [5.41, 5.74) is 0.903. The van der Waals surface area contributed by atoms with E-state index in [1.54, 1.807) is 48.5 Å². The topological polar surface area (TPSA) is 54.5 Å². The van der Waals surface area contributed by atoms with Crippen LogP contribution in [0.5, 0.6) is 0 Å². The fourth-order valence-electron chi connectivity index (χ4n) is 2.55. The molecule has 1 saturated heterocycles. The summed E-state index contributed by atoms with van der Waals surface area (Å²) < 4.78 is 0. The highest BCUT2D eigenvalue weighted by Gasteiger charge is 2.41. The average Bonchev–Trinajstić information content (AvgIpc) is 2.91. The molecule has 132 valence electrons. The first-order valence-electron chi connectivity index (χ1n) is 7.70. The van der Waals surface area contributed by atoms with Gasteiger partial charge in [0.05, 0.1) is 4.91 Å². The molecule has 1 fully saturated rings. The van der Waals surface area contributed by atoms with Crippen molar-refractivity contribution < 1.29 is 14.4 Å². The summed E-state index contributed by atoms with van der Waals surface area (Å²) in [6.45, 7) is 1.54. The predicted molar refractivity (Wildman–Crippen MR) is 105 cm³/mol. The molecule has 4 nitrogen and oxygen atoms in total. The molecular formula is C19H13Cl2NO3S. The molecule has 0 N–H and O–H groups in total. The van der Waals surface area contributed by atoms with Crippen LogP contribution in [0.25, 0.3) is 6.08 Å². The van der Waals surface area contributed by atoms with E-state index in [1.165, 1.54) is 13.0 Å². The van der Waals surface area contributed by atoms with Crippen LogP contribution in [0.3, 0.4) is 0 Å². The van der Waals surface area contributed by atoms with Gasteiger partial charge in [0.15, 0.2) is 5.78 Å². The van der Waals surface area contributed by atoms with Crippen molar-refractivity contribution in [2.75, 3.05) is 0 Å². The van der Waals surface area contributed by atoms with Gasteiger partial charge in [0.2, 0.25) is 0 Å². The number of ketones is 1. The normalized spacial score (nSPS) is 17.0. The highest BCUT2D eigenvalue weighted by Crippen LogP contribution is 2.36. The SMILES string of the molecule is CC(C(=O)c1ccccc1)N1C(=O)S/C(=C\c2c(Cl)cccc2Cl)C1=O. The number of nitrogens with zero attached hydrogens (tertiary/aromatic N) is 1. The number of rotatable bonds is 4. The Morgan fingerprint density at radius 3 is 2.27 bits per heavy atom. The Bertz CT molecular complexity index is 907. The Labute approximate surface area is 164 Å². The molecule has 0 aromatic heterocycles. The summed E-state index contributed by atoms with van der Waals surface area (Å²) >= 11 is 13.0. The zero-order valence-corrected chi connectivity index (χ0v) is 15.9. The van der Waals surface area contributed by atoms with Gasteiger partial charge in [0.25, 0.3) is 11.1 Å². The van der Waals surface area contributed by atoms with Crippen LogP contribution in [0.15, 0.2) is 53.4 Å². The lowest BCUT2D eigenvalue weighted by Crippen LogP contribution is -2.41. The molecule has 2 aromatic rings. The van der Waals surface area contributed by atoms with Crippen LogP contribution < -0.4 is 0 Å². The summed E-state index contributed by atoms with van der Waals surface area (Å²) in [6.07, 6.45) is 1.48. The van der Waals surface area contributed by atoms with Gasteiger partial charge in [-0.05, 0) is 36.9 Å². The molecular weight excluding hydrogens is 393 g/mol. The van der Waals surface area contributed by atoms with E-state index in [-0.39, 0.29) is 10.7 Å². The van der Waals surface area contributed by atoms with Crippen molar-refractivity contribution in [1.29, 1.82) is 0 Å². The second-order valence-electron chi connectivity index (χ2n) is 5.59. The van der Waals surface area contributed by atoms with E-state index in [9.17, 15) is 14.4 Å². The quantitative estimate of drug-likeness (QED) is 0.511. The van der Waals surface area contributed by atoms with Crippen molar-refractivity contribution >= 4 is 58.0 Å². The number of carbonyl (C=O) groups excluding carboxylic acids is 3. The van der Waals surface area contributed by atoms with Gasteiger partial charge in [-0.2, -0.15) is 0 Å². The van der Waals surface area contributed by atoms with Crippen molar-refractivity contribution in [3.8, 4) is 0 Å². The van der Waals surface area contributed by atoms with Gasteiger partial charge in [-0.1, -0.05) is 59.6 Å². The first kappa shape index (κ1) is 18.7. The molecule has 1 aliphatic heterocycles. The number of imide groups is 1. The number of Topliss-reactive ketones (excluding diaryl/α,β-unsaturated/α-hetero) is 1. The third-order valence-electron chi connectivity index (χ3n) is 3.92. The van der Waals surface area contributed by atoms with Gasteiger partial charge in [-0.25, -0.2) is 0 Å². The van der Waals surface area contributed by atoms with Gasteiger partial charge in [-0.3, -0.25) is 19.3 Å². The largest absolute Gasteiger partial charge is 0.294 e. The van der Waals surface area contributed by atoms with Crippen molar-refractivity contribution in [2.45, 2.75) is 13.0 Å². The second-order valence-corrected chi connectivity index (χ2v) is 7.40. The zero-order chi connectivity index (χ0) is 18.8. The third-order valence-corrected chi connectivity index (χ3v) is 5.47. The molecule has 0 saturated carbocycles. The van der Waals surface area contributed by atoms with Gasteiger partial charge >= 0.3 is 0 Å². The van der Waals surface area contributed by atoms with Crippen LogP contribution in [0.4, 0.5) is 4.79 Å². The fourth-order valence-corrected chi connectivity index (χ4v) is 3.95. The molecule has 2 amide bonds. The Morgan fingerprint density at radius 1 is 1.04 bits per heavy atom. The molecule has 1 heterocycles. The van der Waals surface area contributed by atoms with Crippen LogP contribution in [0.1, 0.15) is 22.8 Å². The van der Waals surface area contributed by atoms with Crippen LogP contribution in [0, 0.1) is 0 Å². The molecule has 1 atom stereocenters. The fraction of sp³-hybridized carbons (Fsp3) is 0.105. The second kappa shape index (κ2) is 7.66. The number of benzene rings is 2. The number of amides is 2. The van der Waals surface area contributed by atoms with Gasteiger partial charge in [0, 0.05) is 21.2 Å². The Hall–Kier alpha value is -2.08. The molecule has 1 unspecified atom stereocenters. The molecule has 0 bridgehead atoms. The van der Waals surface area contributed by atoms with Crippen LogP contribution in [-0.4, -0.2) is 27.9 Å². The minimum absolute atomic E-state index is 0.178. The van der Waals surface area contributed by atoms with E-state index in [1.807, 2.05) is 0 Å². The highest BCUT2D eigenvalue weighted by atomic mass is 35.5. The van der Waals surface area contributed by atoms with Gasteiger partial charge < -0.3 is 0 Å². The van der Waals surface area contributed by atoms with Crippen molar-refractivity contribution in [1.82, 2.24) is 4.90 Å². The van der Waals surface area contributed by atoms with E-state index >= 15 is 0 Å². The standard InChI is InChI=1S/C19H13Cl2NO3S/c1-11(17(23)12-6-3-2-4-7-12)22-18(24)16(26-19(22)25)10-13-14(20)8-5-9-15(13)21/h2-11H,1H3/b16-10-. The summed E-state index contributed by atoms with van der Waals surface area (Å²) in [6, 6.07) is 12.6. The highest BCUT2D eigenvalue weighted by molar-refractivity contribution is 8.18. The molecule has 26 heavy (non-hydrogen) atoms. The predicted octanol–water partition coefficient (Wildman–Crippen LogP) is 5.30. The smallest absolute Gasteiger partial charge is 0.292 e. The van der Waals surface area contributed by atoms with E-state index in [0.29, 0.717) is 21.2 Å². The van der Waals surface area contributed by atoms with Crippen molar-refractivity contribution in [2.24, 2.45) is 0 Å². The third kappa shape index (κ3) is 3.56. The summed E-state index contributed by atoms with van der Waals surface area (Å²) in [7, 11) is 0. The Kier molecular flexibility index (Phi) is 5.51. The summed E-state index contributed by atoms with van der Waals surface area (Å²) in [5.74, 6) is -0.835. The van der Waals surface area contributed by atoms with Crippen LogP contribution in [0.2, 0.25) is 10.0 Å². The zero-order valence-electron chi connectivity index (χ0n) is 13.6. The van der Waals surface area contributed by atoms with Crippen LogP contribution in [-0.2, 0) is 4.79 Å². The van der Waals surface area contributed by atoms with E-state index in [0.717, 1.165) is 16.7 Å². The number of carbonyl (C=O) groups is 3. The first-order chi connectivity index (χ1) is 12.4. The first-order valence-corrected chi connectivity index (χ1v) is 9.27. The number of hydrogen-bond donors (Lipinski definition) is 0. The Balaban J connectivity index is 1.90. The maximum absolute atomic E-state index is 12.7. The monoisotopic (exact) mass is 405 g/mol. The molecule has 1 aliphatic rings. The molecule has 3 rings (SSSR count). The van der Waals surface area contributed by atoms with Crippen molar-refractivity contribution in [3.63, 3.8) is 0 Å². The van der Waals surface area contributed by atoms with E-state index in [4.69, 9.17) is 23.2 Å². The lowest BCUT2D eigenvalue weighted by atomic mass is 10.0. The molecule has 0 aliphatic carbocycles.